The first kappa shape index (κ1) is 21.9. The zero-order valence-corrected chi connectivity index (χ0v) is 18.8. The number of nitrogens with one attached hydrogen (secondary N) is 4. The smallest absolute Gasteiger partial charge is 0.242 e. The third-order valence-electron chi connectivity index (χ3n) is 6.02. The van der Waals surface area contributed by atoms with Crippen LogP contribution < -0.4 is 21.3 Å². The molecule has 3 amide bonds. The van der Waals surface area contributed by atoms with Crippen LogP contribution in [0.15, 0.2) is 28.9 Å². The van der Waals surface area contributed by atoms with Crippen LogP contribution in [0.2, 0.25) is 0 Å². The number of nitrogens with zero attached hydrogens (tertiary/aromatic N) is 1. The molecule has 31 heavy (non-hydrogen) atoms. The molecule has 0 aromatic carbocycles. The minimum Gasteiger partial charge on any atom is -0.373 e. The molecule has 0 radical (unpaired) electrons. The molecule has 166 valence electrons. The first-order chi connectivity index (χ1) is 14.9. The molecule has 1 aromatic heterocycles. The van der Waals surface area contributed by atoms with Gasteiger partial charge in [0.1, 0.15) is 16.5 Å². The van der Waals surface area contributed by atoms with E-state index in [0.717, 1.165) is 12.0 Å². The van der Waals surface area contributed by atoms with Crippen LogP contribution in [0.3, 0.4) is 0 Å². The molecule has 1 spiro atoms. The summed E-state index contributed by atoms with van der Waals surface area (Å²) in [5.74, 6) is -0.152. The highest BCUT2D eigenvalue weighted by Gasteiger charge is 2.61. The number of halogens is 1. The van der Waals surface area contributed by atoms with Crippen LogP contribution in [0.4, 0.5) is 5.82 Å². The van der Waals surface area contributed by atoms with Crippen LogP contribution in [-0.2, 0) is 25.7 Å². The van der Waals surface area contributed by atoms with Crippen LogP contribution in [0.25, 0.3) is 0 Å². The van der Waals surface area contributed by atoms with E-state index in [0.29, 0.717) is 36.4 Å². The second kappa shape index (κ2) is 9.05. The Morgan fingerprint density at radius 3 is 2.90 bits per heavy atom. The van der Waals surface area contributed by atoms with Crippen molar-refractivity contribution in [1.29, 1.82) is 0 Å². The average molecular weight is 492 g/mol. The summed E-state index contributed by atoms with van der Waals surface area (Å²) in [5.41, 5.74) is 0.652. The van der Waals surface area contributed by atoms with E-state index in [9.17, 15) is 14.4 Å². The second-order valence-corrected chi connectivity index (χ2v) is 9.18. The lowest BCUT2D eigenvalue weighted by molar-refractivity contribution is -0.128. The maximum absolute atomic E-state index is 12.9. The van der Waals surface area contributed by atoms with Crippen molar-refractivity contribution in [3.05, 3.63) is 34.5 Å². The van der Waals surface area contributed by atoms with Crippen LogP contribution in [0, 0.1) is 5.41 Å². The predicted molar refractivity (Wildman–Crippen MR) is 117 cm³/mol. The number of amides is 3. The zero-order chi connectivity index (χ0) is 22.0. The maximum Gasteiger partial charge on any atom is 0.242 e. The maximum atomic E-state index is 12.9. The third-order valence-corrected chi connectivity index (χ3v) is 6.47. The molecule has 1 aromatic rings. The van der Waals surface area contributed by atoms with Crippen LogP contribution in [0.1, 0.15) is 31.7 Å². The van der Waals surface area contributed by atoms with E-state index < -0.39 is 6.04 Å². The van der Waals surface area contributed by atoms with Crippen LogP contribution >= 0.6 is 15.9 Å². The Balaban J connectivity index is 1.53. The van der Waals surface area contributed by atoms with Gasteiger partial charge in [0.15, 0.2) is 0 Å². The highest BCUT2D eigenvalue weighted by Crippen LogP contribution is 2.54. The van der Waals surface area contributed by atoms with Gasteiger partial charge < -0.3 is 26.0 Å². The molecule has 4 atom stereocenters. The topological polar surface area (TPSA) is 121 Å². The molecule has 2 bridgehead atoms. The number of pyridine rings is 1. The Morgan fingerprint density at radius 1 is 1.26 bits per heavy atom. The number of hydrogen-bond donors (Lipinski definition) is 4. The molecule has 3 aliphatic rings. The van der Waals surface area contributed by atoms with Crippen LogP contribution in [-0.4, -0.2) is 54.0 Å². The minimum atomic E-state index is -0.645. The third kappa shape index (κ3) is 5.13. The van der Waals surface area contributed by atoms with Crippen molar-refractivity contribution in [2.45, 2.75) is 50.9 Å². The van der Waals surface area contributed by atoms with E-state index in [2.05, 4.69) is 42.2 Å². The Kier molecular flexibility index (Phi) is 6.40. The molecule has 1 aliphatic carbocycles. The minimum absolute atomic E-state index is 0.126. The number of aromatic nitrogens is 1. The first-order valence-corrected chi connectivity index (χ1v) is 11.2. The van der Waals surface area contributed by atoms with Crippen molar-refractivity contribution in [2.24, 2.45) is 5.41 Å². The summed E-state index contributed by atoms with van der Waals surface area (Å²) in [6.07, 6.45) is 5.56. The number of ether oxygens (including phenoxy) is 1. The Morgan fingerprint density at radius 2 is 2.10 bits per heavy atom. The van der Waals surface area contributed by atoms with Gasteiger partial charge in [0, 0.05) is 30.5 Å². The van der Waals surface area contributed by atoms with Crippen molar-refractivity contribution < 1.29 is 19.1 Å². The Hall–Kier alpha value is -2.30. The van der Waals surface area contributed by atoms with Gasteiger partial charge in [-0.15, -0.1) is 0 Å². The second-order valence-electron chi connectivity index (χ2n) is 8.37. The number of fused-ring (bicyclic) bond motifs is 2. The zero-order valence-electron chi connectivity index (χ0n) is 17.2. The molecule has 2 fully saturated rings. The molecule has 3 heterocycles. The van der Waals surface area contributed by atoms with Crippen LogP contribution in [0.5, 0.6) is 0 Å². The monoisotopic (exact) mass is 491 g/mol. The normalized spacial score (nSPS) is 31.0. The lowest BCUT2D eigenvalue weighted by Crippen LogP contribution is -2.47. The molecule has 2 aliphatic heterocycles. The summed E-state index contributed by atoms with van der Waals surface area (Å²) < 4.78 is 6.32. The summed E-state index contributed by atoms with van der Waals surface area (Å²) >= 11 is 3.35. The van der Waals surface area contributed by atoms with Crippen molar-refractivity contribution in [3.63, 3.8) is 0 Å². The van der Waals surface area contributed by atoms with Crippen molar-refractivity contribution in [2.75, 3.05) is 18.5 Å². The Labute approximate surface area is 188 Å². The van der Waals surface area contributed by atoms with Crippen molar-refractivity contribution in [3.8, 4) is 0 Å². The van der Waals surface area contributed by atoms with Crippen molar-refractivity contribution in [1.82, 2.24) is 20.9 Å². The van der Waals surface area contributed by atoms with Gasteiger partial charge in [0.2, 0.25) is 17.7 Å². The summed E-state index contributed by atoms with van der Waals surface area (Å²) in [6, 6.07) is 2.86. The molecule has 9 nitrogen and oxygen atoms in total. The highest BCUT2D eigenvalue weighted by atomic mass is 79.9. The fourth-order valence-electron chi connectivity index (χ4n) is 4.25. The molecule has 10 heteroatoms. The predicted octanol–water partition coefficient (Wildman–Crippen LogP) is 1.00. The van der Waals surface area contributed by atoms with E-state index >= 15 is 0 Å². The summed E-state index contributed by atoms with van der Waals surface area (Å²) in [4.78, 5) is 41.5. The van der Waals surface area contributed by atoms with E-state index in [-0.39, 0.29) is 41.8 Å². The molecule has 4 rings (SSSR count). The Bertz CT molecular complexity index is 923. The number of carbonyl (C=O) groups is 3. The molecule has 4 N–H and O–H groups in total. The molecule has 1 saturated carbocycles. The number of anilines is 1. The molecular weight excluding hydrogens is 466 g/mol. The molecule has 1 saturated heterocycles. The van der Waals surface area contributed by atoms with Gasteiger partial charge in [0.05, 0.1) is 19.3 Å². The van der Waals surface area contributed by atoms with E-state index in [1.807, 2.05) is 18.2 Å². The summed E-state index contributed by atoms with van der Waals surface area (Å²) in [5, 5.41) is 12.0. The number of rotatable bonds is 1. The standard InChI is InChI=1S/C21H26BrN5O4/c1-12(28)24-14-4-2-3-7-31-10-13-5-6-17(22)26-18(13)27-20(30)15-8-21(9-16(21)25-15)11-23-19(14)29/h2-3,5-6,14-16,25H,4,7-11H2,1H3,(H,23,29)(H,24,28)(H,26,27,30)/t14-,15-,16+,21-/m0/s1. The SMILES string of the molecule is CC(=O)N[C@H]1CC=CCOCc2ccc(Br)nc2NC(=O)[C@@H]2C[C@@]3(CNC1=O)C[C@H]3N2. The first-order valence-electron chi connectivity index (χ1n) is 10.4. The van der Waals surface area contributed by atoms with Gasteiger partial charge in [-0.25, -0.2) is 4.98 Å². The van der Waals surface area contributed by atoms with E-state index in [1.54, 1.807) is 6.07 Å². The van der Waals surface area contributed by atoms with Gasteiger partial charge in [-0.05, 0) is 41.3 Å². The quantitative estimate of drug-likeness (QED) is 0.343. The fraction of sp³-hybridized carbons (Fsp3) is 0.524. The number of hydrogen-bond acceptors (Lipinski definition) is 6. The number of piperidine rings is 1. The average Bonchev–Trinajstić information content (AvgIpc) is 3.27. The number of carbonyl (C=O) groups excluding carboxylic acids is 3. The van der Waals surface area contributed by atoms with Gasteiger partial charge in [-0.3, -0.25) is 14.4 Å². The molecular formula is C21H26BrN5O4. The van der Waals surface area contributed by atoms with E-state index in [1.165, 1.54) is 6.92 Å². The summed E-state index contributed by atoms with van der Waals surface area (Å²) in [6.45, 7) is 2.47. The summed E-state index contributed by atoms with van der Waals surface area (Å²) in [7, 11) is 0. The fourth-order valence-corrected chi connectivity index (χ4v) is 4.56. The highest BCUT2D eigenvalue weighted by molar-refractivity contribution is 9.10. The van der Waals surface area contributed by atoms with Gasteiger partial charge in [-0.2, -0.15) is 0 Å². The van der Waals surface area contributed by atoms with Gasteiger partial charge >= 0.3 is 0 Å². The largest absolute Gasteiger partial charge is 0.373 e. The van der Waals surface area contributed by atoms with Gasteiger partial charge in [0.25, 0.3) is 0 Å². The lowest BCUT2D eigenvalue weighted by Gasteiger charge is -2.20. The van der Waals surface area contributed by atoms with Crippen molar-refractivity contribution >= 4 is 39.5 Å². The van der Waals surface area contributed by atoms with Gasteiger partial charge in [-0.1, -0.05) is 18.2 Å². The lowest BCUT2D eigenvalue weighted by atomic mass is 9.99. The molecule has 0 unspecified atom stereocenters. The van der Waals surface area contributed by atoms with E-state index in [4.69, 9.17) is 4.74 Å².